The second-order valence-corrected chi connectivity index (χ2v) is 6.93. The Kier molecular flexibility index (Phi) is 8.71. The van der Waals surface area contributed by atoms with E-state index in [0.29, 0.717) is 5.56 Å². The molecule has 32 heavy (non-hydrogen) atoms. The van der Waals surface area contributed by atoms with Crippen LogP contribution in [0.4, 0.5) is 0 Å². The number of aromatic hydroxyl groups is 1. The van der Waals surface area contributed by atoms with Crippen molar-refractivity contribution in [2.75, 3.05) is 6.61 Å². The molecule has 11 heteroatoms. The third-order valence-electron chi connectivity index (χ3n) is 4.27. The van der Waals surface area contributed by atoms with Crippen molar-refractivity contribution in [1.29, 1.82) is 0 Å². The molecule has 0 aliphatic carbocycles. The molecule has 0 spiro atoms. The minimum absolute atomic E-state index is 0.0645. The maximum atomic E-state index is 11.8. The zero-order chi connectivity index (χ0) is 23.8. The number of phenolic OH excluding ortho intramolecular Hbond substituents is 1. The van der Waals surface area contributed by atoms with Crippen molar-refractivity contribution in [2.24, 2.45) is 4.99 Å². The highest BCUT2D eigenvalue weighted by Crippen LogP contribution is 2.30. The van der Waals surface area contributed by atoms with Gasteiger partial charge in [-0.1, -0.05) is 12.1 Å². The summed E-state index contributed by atoms with van der Waals surface area (Å²) in [4.78, 5) is 50.8. The molecule has 1 N–H and O–H groups in total. The Hall–Kier alpha value is -3.47. The van der Waals surface area contributed by atoms with Crippen LogP contribution in [0.1, 0.15) is 33.3 Å². The first kappa shape index (κ1) is 24.8. The highest BCUT2D eigenvalue weighted by atomic mass is 16.7. The summed E-state index contributed by atoms with van der Waals surface area (Å²) in [6.07, 6.45) is -3.68. The number of phenols is 1. The third kappa shape index (κ3) is 7.05. The molecule has 0 amide bonds. The molecule has 5 atom stereocenters. The molecule has 1 aliphatic heterocycles. The van der Waals surface area contributed by atoms with Gasteiger partial charge >= 0.3 is 23.9 Å². The Morgan fingerprint density at radius 2 is 1.53 bits per heavy atom. The van der Waals surface area contributed by atoms with Crippen molar-refractivity contribution in [3.05, 3.63) is 29.8 Å². The van der Waals surface area contributed by atoms with E-state index in [-0.39, 0.29) is 12.4 Å². The molecule has 11 nitrogen and oxygen atoms in total. The minimum atomic E-state index is -1.37. The molecule has 2 rings (SSSR count). The van der Waals surface area contributed by atoms with Gasteiger partial charge in [0, 0.05) is 39.5 Å². The molecule has 174 valence electrons. The quantitative estimate of drug-likeness (QED) is 0.360. The van der Waals surface area contributed by atoms with E-state index in [1.54, 1.807) is 18.2 Å². The number of ether oxygens (including phenoxy) is 5. The molecular weight excluding hydrogens is 426 g/mol. The minimum Gasteiger partial charge on any atom is -0.507 e. The molecule has 0 bridgehead atoms. The van der Waals surface area contributed by atoms with Crippen molar-refractivity contribution in [2.45, 2.75) is 58.3 Å². The monoisotopic (exact) mass is 451 g/mol. The standard InChI is InChI=1S/C21H25NO10/c1-11(23)28-10-17-19(29-12(2)24)20(30-13(3)25)18(21(32-17)31-14(4)26)22-9-15-7-5-6-8-16(15)27/h5-9,17-21,27H,10H2,1-4H3/t17-,18-,19-,20-,21+/m1/s1. The van der Waals surface area contributed by atoms with Gasteiger partial charge in [-0.25, -0.2) is 0 Å². The Morgan fingerprint density at radius 1 is 0.938 bits per heavy atom. The van der Waals surface area contributed by atoms with Gasteiger partial charge in [0.25, 0.3) is 0 Å². The number of benzene rings is 1. The van der Waals surface area contributed by atoms with E-state index >= 15 is 0 Å². The third-order valence-corrected chi connectivity index (χ3v) is 4.27. The summed E-state index contributed by atoms with van der Waals surface area (Å²) in [6, 6.07) is 5.15. The van der Waals surface area contributed by atoms with Gasteiger partial charge in [-0.3, -0.25) is 24.2 Å². The average molecular weight is 451 g/mol. The van der Waals surface area contributed by atoms with Crippen molar-refractivity contribution in [1.82, 2.24) is 0 Å². The van der Waals surface area contributed by atoms with E-state index in [9.17, 15) is 24.3 Å². The van der Waals surface area contributed by atoms with Crippen LogP contribution in [0.3, 0.4) is 0 Å². The summed E-state index contributed by atoms with van der Waals surface area (Å²) in [6.45, 7) is 4.25. The van der Waals surface area contributed by atoms with Crippen LogP contribution in [0, 0.1) is 0 Å². The van der Waals surface area contributed by atoms with Crippen LogP contribution >= 0.6 is 0 Å². The predicted molar refractivity (Wildman–Crippen MR) is 108 cm³/mol. The predicted octanol–water partition coefficient (Wildman–Crippen LogP) is 0.894. The number of carbonyl (C=O) groups excluding carboxylic acids is 4. The zero-order valence-electron chi connectivity index (χ0n) is 18.0. The van der Waals surface area contributed by atoms with Crippen LogP contribution in [0.2, 0.25) is 0 Å². The fourth-order valence-electron chi connectivity index (χ4n) is 3.07. The molecule has 1 aromatic rings. The van der Waals surface area contributed by atoms with E-state index < -0.39 is 54.5 Å². The maximum Gasteiger partial charge on any atom is 0.305 e. The SMILES string of the molecule is CC(=O)OC[C@H]1O[C@H](OC(C)=O)[C@H](N=Cc2ccccc2O)[C@@H](OC(C)=O)[C@@H]1OC(C)=O. The number of hydrogen-bond donors (Lipinski definition) is 1. The Labute approximate surface area is 184 Å². The fourth-order valence-corrected chi connectivity index (χ4v) is 3.07. The number of para-hydroxylation sites is 1. The smallest absolute Gasteiger partial charge is 0.305 e. The normalized spacial score (nSPS) is 25.1. The number of carbonyl (C=O) groups is 4. The lowest BCUT2D eigenvalue weighted by atomic mass is 9.96. The van der Waals surface area contributed by atoms with Gasteiger partial charge in [-0.15, -0.1) is 0 Å². The van der Waals surface area contributed by atoms with Crippen molar-refractivity contribution in [3.8, 4) is 5.75 Å². The van der Waals surface area contributed by atoms with E-state index in [4.69, 9.17) is 23.7 Å². The molecule has 0 radical (unpaired) electrons. The zero-order valence-corrected chi connectivity index (χ0v) is 18.0. The largest absolute Gasteiger partial charge is 0.507 e. The number of aliphatic imine (C=N–C) groups is 1. The van der Waals surface area contributed by atoms with Crippen LogP contribution in [-0.4, -0.2) is 72.4 Å². The van der Waals surface area contributed by atoms with Gasteiger partial charge in [-0.2, -0.15) is 0 Å². The first-order chi connectivity index (χ1) is 15.1. The van der Waals surface area contributed by atoms with E-state index in [0.717, 1.165) is 20.8 Å². The summed E-state index contributed by atoms with van der Waals surface area (Å²) in [5, 5.41) is 9.99. The summed E-state index contributed by atoms with van der Waals surface area (Å²) in [7, 11) is 0. The van der Waals surface area contributed by atoms with E-state index in [2.05, 4.69) is 4.99 Å². The summed E-state index contributed by atoms with van der Waals surface area (Å²) < 4.78 is 26.6. The summed E-state index contributed by atoms with van der Waals surface area (Å²) in [5.41, 5.74) is 0.335. The molecule has 0 unspecified atom stereocenters. The van der Waals surface area contributed by atoms with Crippen LogP contribution in [0.5, 0.6) is 5.75 Å². The van der Waals surface area contributed by atoms with Crippen molar-refractivity contribution < 1.29 is 48.0 Å². The van der Waals surface area contributed by atoms with E-state index in [1.165, 1.54) is 19.2 Å². The second kappa shape index (κ2) is 11.2. The molecule has 1 heterocycles. The topological polar surface area (TPSA) is 147 Å². The van der Waals surface area contributed by atoms with Crippen LogP contribution in [0.15, 0.2) is 29.3 Å². The molecule has 1 aromatic carbocycles. The van der Waals surface area contributed by atoms with Gasteiger partial charge in [0.1, 0.15) is 18.5 Å². The molecule has 1 fully saturated rings. The van der Waals surface area contributed by atoms with Crippen molar-refractivity contribution in [3.63, 3.8) is 0 Å². The first-order valence-corrected chi connectivity index (χ1v) is 9.70. The van der Waals surface area contributed by atoms with Gasteiger partial charge in [0.15, 0.2) is 18.2 Å². The first-order valence-electron chi connectivity index (χ1n) is 9.70. The van der Waals surface area contributed by atoms with Gasteiger partial charge in [-0.05, 0) is 12.1 Å². The van der Waals surface area contributed by atoms with Gasteiger partial charge in [0.2, 0.25) is 6.29 Å². The lowest BCUT2D eigenvalue weighted by molar-refractivity contribution is -0.266. The summed E-state index contributed by atoms with van der Waals surface area (Å²) >= 11 is 0. The Bertz CT molecular complexity index is 883. The Balaban J connectivity index is 2.48. The lowest BCUT2D eigenvalue weighted by Crippen LogP contribution is -2.61. The highest BCUT2D eigenvalue weighted by molar-refractivity contribution is 5.83. The van der Waals surface area contributed by atoms with Crippen LogP contribution in [-0.2, 0) is 42.9 Å². The molecule has 0 aromatic heterocycles. The lowest BCUT2D eigenvalue weighted by Gasteiger charge is -2.42. The Morgan fingerprint density at radius 3 is 2.09 bits per heavy atom. The second-order valence-electron chi connectivity index (χ2n) is 6.93. The number of rotatable bonds is 7. The van der Waals surface area contributed by atoms with Gasteiger partial charge in [0.05, 0.1) is 0 Å². The maximum absolute atomic E-state index is 11.8. The van der Waals surface area contributed by atoms with Gasteiger partial charge < -0.3 is 28.8 Å². The van der Waals surface area contributed by atoms with Crippen molar-refractivity contribution >= 4 is 30.1 Å². The highest BCUT2D eigenvalue weighted by Gasteiger charge is 2.51. The average Bonchev–Trinajstić information content (AvgIpc) is 2.68. The van der Waals surface area contributed by atoms with Crippen LogP contribution < -0.4 is 0 Å². The molecular formula is C21H25NO10. The molecule has 1 aliphatic rings. The van der Waals surface area contributed by atoms with Crippen LogP contribution in [0.25, 0.3) is 0 Å². The fraction of sp³-hybridized carbons (Fsp3) is 0.476. The number of nitrogens with zero attached hydrogens (tertiary/aromatic N) is 1. The van der Waals surface area contributed by atoms with E-state index in [1.807, 2.05) is 0 Å². The number of esters is 4. The molecule has 0 saturated carbocycles. The molecule has 1 saturated heterocycles. The number of hydrogen-bond acceptors (Lipinski definition) is 11. The summed E-state index contributed by atoms with van der Waals surface area (Å²) in [5.74, 6) is -2.83.